The first-order chi connectivity index (χ1) is 7.61. The molecule has 0 heterocycles. The molecule has 0 bridgehead atoms. The topological polar surface area (TPSA) is 12.0 Å². The molecular formula is C14H20BrN. The van der Waals surface area contributed by atoms with Crippen molar-refractivity contribution in [2.45, 2.75) is 39.2 Å². The van der Waals surface area contributed by atoms with Crippen molar-refractivity contribution >= 4 is 15.9 Å². The van der Waals surface area contributed by atoms with E-state index in [4.69, 9.17) is 0 Å². The molecule has 0 spiro atoms. The third-order valence-electron chi connectivity index (χ3n) is 3.48. The predicted octanol–water partition coefficient (Wildman–Crippen LogP) is 4.13. The molecule has 88 valence electrons. The van der Waals surface area contributed by atoms with Crippen molar-refractivity contribution < 1.29 is 0 Å². The molecule has 1 fully saturated rings. The van der Waals surface area contributed by atoms with Gasteiger partial charge in [-0.1, -0.05) is 40.9 Å². The van der Waals surface area contributed by atoms with Crippen molar-refractivity contribution in [1.29, 1.82) is 0 Å². The van der Waals surface area contributed by atoms with E-state index in [2.05, 4.69) is 54.3 Å². The van der Waals surface area contributed by atoms with Crippen LogP contribution in [0.3, 0.4) is 0 Å². The molecule has 0 aromatic heterocycles. The Bertz CT molecular complexity index is 359. The van der Waals surface area contributed by atoms with Gasteiger partial charge in [0.2, 0.25) is 0 Å². The van der Waals surface area contributed by atoms with Crippen molar-refractivity contribution in [2.24, 2.45) is 5.92 Å². The third kappa shape index (κ3) is 2.67. The van der Waals surface area contributed by atoms with Gasteiger partial charge in [0.15, 0.2) is 0 Å². The maximum atomic E-state index is 3.63. The van der Waals surface area contributed by atoms with Gasteiger partial charge in [-0.3, -0.25) is 0 Å². The lowest BCUT2D eigenvalue weighted by atomic mass is 9.97. The van der Waals surface area contributed by atoms with E-state index in [0.29, 0.717) is 6.04 Å². The monoisotopic (exact) mass is 281 g/mol. The molecule has 1 unspecified atom stereocenters. The fourth-order valence-electron chi connectivity index (χ4n) is 2.29. The third-order valence-corrected chi connectivity index (χ3v) is 4.73. The quantitative estimate of drug-likeness (QED) is 0.875. The summed E-state index contributed by atoms with van der Waals surface area (Å²) in [6.45, 7) is 4.34. The average Bonchev–Trinajstić information content (AvgIpc) is 3.05. The van der Waals surface area contributed by atoms with E-state index < -0.39 is 0 Å². The molecule has 1 saturated carbocycles. The van der Waals surface area contributed by atoms with Crippen molar-refractivity contribution in [3.8, 4) is 0 Å². The maximum absolute atomic E-state index is 3.63. The molecule has 2 rings (SSSR count). The summed E-state index contributed by atoms with van der Waals surface area (Å²) in [6.07, 6.45) is 4.14. The van der Waals surface area contributed by atoms with E-state index in [1.54, 1.807) is 0 Å². The molecule has 0 saturated heterocycles. The molecule has 1 aliphatic carbocycles. The Labute approximate surface area is 107 Å². The van der Waals surface area contributed by atoms with Gasteiger partial charge in [0.1, 0.15) is 0 Å². The highest BCUT2D eigenvalue weighted by atomic mass is 79.9. The molecule has 1 aliphatic rings. The fraction of sp³-hybridized carbons (Fsp3) is 0.571. The van der Waals surface area contributed by atoms with Gasteiger partial charge >= 0.3 is 0 Å². The molecule has 2 heteroatoms. The number of aryl methyl sites for hydroxylation is 2. The van der Waals surface area contributed by atoms with Crippen LogP contribution in [0.5, 0.6) is 0 Å². The SMILES string of the molecule is CNC(CC1CC1)c1cc(C)c(Br)c(C)c1. The van der Waals surface area contributed by atoms with Gasteiger partial charge in [-0.2, -0.15) is 0 Å². The Balaban J connectivity index is 2.22. The predicted molar refractivity (Wildman–Crippen MR) is 72.8 cm³/mol. The first kappa shape index (κ1) is 12.1. The van der Waals surface area contributed by atoms with Crippen LogP contribution < -0.4 is 5.32 Å². The van der Waals surface area contributed by atoms with E-state index in [0.717, 1.165) is 5.92 Å². The number of benzene rings is 1. The summed E-state index contributed by atoms with van der Waals surface area (Å²) in [5.74, 6) is 0.960. The maximum Gasteiger partial charge on any atom is 0.0320 e. The number of hydrogen-bond acceptors (Lipinski definition) is 1. The minimum absolute atomic E-state index is 0.526. The number of rotatable bonds is 4. The van der Waals surface area contributed by atoms with E-state index in [1.165, 1.54) is 40.4 Å². The minimum atomic E-state index is 0.526. The molecule has 1 aromatic carbocycles. The standard InChI is InChI=1S/C14H20BrN/c1-9-6-12(7-10(2)14(9)15)13(16-3)8-11-4-5-11/h6-7,11,13,16H,4-5,8H2,1-3H3. The lowest BCUT2D eigenvalue weighted by Gasteiger charge is -2.18. The fourth-order valence-corrected chi connectivity index (χ4v) is 2.52. The minimum Gasteiger partial charge on any atom is -0.313 e. The lowest BCUT2D eigenvalue weighted by molar-refractivity contribution is 0.514. The van der Waals surface area contributed by atoms with Gasteiger partial charge in [0.05, 0.1) is 0 Å². The molecular weight excluding hydrogens is 262 g/mol. The summed E-state index contributed by atoms with van der Waals surface area (Å²) in [4.78, 5) is 0. The molecule has 16 heavy (non-hydrogen) atoms. The van der Waals surface area contributed by atoms with Crippen LogP contribution in [0, 0.1) is 19.8 Å². The van der Waals surface area contributed by atoms with Gasteiger partial charge in [-0.25, -0.2) is 0 Å². The van der Waals surface area contributed by atoms with Gasteiger partial charge in [-0.05, 0) is 49.9 Å². The number of halogens is 1. The van der Waals surface area contributed by atoms with Crippen LogP contribution in [0.25, 0.3) is 0 Å². The Morgan fingerprint density at radius 2 is 1.88 bits per heavy atom. The smallest absolute Gasteiger partial charge is 0.0320 e. The largest absolute Gasteiger partial charge is 0.313 e. The zero-order chi connectivity index (χ0) is 11.7. The van der Waals surface area contributed by atoms with Crippen LogP contribution in [0.15, 0.2) is 16.6 Å². The van der Waals surface area contributed by atoms with Crippen molar-refractivity contribution in [3.63, 3.8) is 0 Å². The van der Waals surface area contributed by atoms with E-state index >= 15 is 0 Å². The first-order valence-corrected chi connectivity index (χ1v) is 6.85. The molecule has 1 nitrogen and oxygen atoms in total. The summed E-state index contributed by atoms with van der Waals surface area (Å²) in [5.41, 5.74) is 4.12. The highest BCUT2D eigenvalue weighted by Gasteiger charge is 2.25. The number of nitrogens with one attached hydrogen (secondary N) is 1. The van der Waals surface area contributed by atoms with Crippen molar-refractivity contribution in [2.75, 3.05) is 7.05 Å². The second-order valence-corrected chi connectivity index (χ2v) is 5.78. The number of hydrogen-bond donors (Lipinski definition) is 1. The molecule has 1 aromatic rings. The van der Waals surface area contributed by atoms with Crippen LogP contribution in [0.4, 0.5) is 0 Å². The zero-order valence-electron chi connectivity index (χ0n) is 10.3. The highest BCUT2D eigenvalue weighted by molar-refractivity contribution is 9.10. The normalized spacial score (nSPS) is 17.5. The molecule has 0 radical (unpaired) electrons. The van der Waals surface area contributed by atoms with Crippen LogP contribution in [-0.4, -0.2) is 7.05 Å². The van der Waals surface area contributed by atoms with Crippen LogP contribution in [-0.2, 0) is 0 Å². The molecule has 0 amide bonds. The van der Waals surface area contributed by atoms with Crippen LogP contribution in [0.1, 0.15) is 42.0 Å². The van der Waals surface area contributed by atoms with Crippen LogP contribution >= 0.6 is 15.9 Å². The summed E-state index contributed by atoms with van der Waals surface area (Å²) in [6, 6.07) is 5.14. The summed E-state index contributed by atoms with van der Waals surface area (Å²) >= 11 is 3.63. The molecule has 1 N–H and O–H groups in total. The summed E-state index contributed by atoms with van der Waals surface area (Å²) in [7, 11) is 2.07. The van der Waals surface area contributed by atoms with E-state index in [1.807, 2.05) is 0 Å². The Kier molecular flexibility index (Phi) is 3.70. The van der Waals surface area contributed by atoms with Gasteiger partial charge in [0, 0.05) is 10.5 Å². The van der Waals surface area contributed by atoms with Crippen molar-refractivity contribution in [3.05, 3.63) is 33.3 Å². The van der Waals surface area contributed by atoms with Gasteiger partial charge in [-0.15, -0.1) is 0 Å². The van der Waals surface area contributed by atoms with Gasteiger partial charge < -0.3 is 5.32 Å². The summed E-state index contributed by atoms with van der Waals surface area (Å²) in [5, 5.41) is 3.45. The Morgan fingerprint density at radius 3 is 2.31 bits per heavy atom. The lowest BCUT2D eigenvalue weighted by Crippen LogP contribution is -2.17. The first-order valence-electron chi connectivity index (χ1n) is 6.05. The average molecular weight is 282 g/mol. The molecule has 0 aliphatic heterocycles. The van der Waals surface area contributed by atoms with E-state index in [9.17, 15) is 0 Å². The van der Waals surface area contributed by atoms with Crippen LogP contribution in [0.2, 0.25) is 0 Å². The Hall–Kier alpha value is -0.340. The van der Waals surface area contributed by atoms with E-state index in [-0.39, 0.29) is 0 Å². The van der Waals surface area contributed by atoms with Gasteiger partial charge in [0.25, 0.3) is 0 Å². The zero-order valence-corrected chi connectivity index (χ0v) is 11.9. The molecule has 1 atom stereocenters. The highest BCUT2D eigenvalue weighted by Crippen LogP contribution is 2.38. The Morgan fingerprint density at radius 1 is 1.31 bits per heavy atom. The van der Waals surface area contributed by atoms with Crippen molar-refractivity contribution in [1.82, 2.24) is 5.32 Å². The second-order valence-electron chi connectivity index (χ2n) is 4.99. The summed E-state index contributed by atoms with van der Waals surface area (Å²) < 4.78 is 1.25. The second kappa shape index (κ2) is 4.89.